The summed E-state index contributed by atoms with van der Waals surface area (Å²) in [5.41, 5.74) is 3.15. The van der Waals surface area contributed by atoms with Gasteiger partial charge in [0.15, 0.2) is 0 Å². The van der Waals surface area contributed by atoms with Crippen molar-refractivity contribution in [3.63, 3.8) is 0 Å². The lowest BCUT2D eigenvalue weighted by molar-refractivity contribution is -0.384. The summed E-state index contributed by atoms with van der Waals surface area (Å²) in [6, 6.07) is 22.0. The molecule has 1 amide bonds. The van der Waals surface area contributed by atoms with Crippen molar-refractivity contribution in [3.05, 3.63) is 94.0 Å². The highest BCUT2D eigenvalue weighted by atomic mass is 32.1. The van der Waals surface area contributed by atoms with Crippen LogP contribution >= 0.6 is 11.3 Å². The van der Waals surface area contributed by atoms with E-state index in [0.29, 0.717) is 31.9 Å². The Hall–Kier alpha value is -3.98. The highest BCUT2D eigenvalue weighted by molar-refractivity contribution is 7.13. The molecule has 0 aliphatic carbocycles. The van der Waals surface area contributed by atoms with E-state index >= 15 is 0 Å². The number of amides is 1. The average molecular weight is 460 g/mol. The highest BCUT2D eigenvalue weighted by Crippen LogP contribution is 2.27. The van der Waals surface area contributed by atoms with Gasteiger partial charge < -0.3 is 9.80 Å². The second-order valence-corrected chi connectivity index (χ2v) is 8.64. The van der Waals surface area contributed by atoms with E-state index in [9.17, 15) is 14.9 Å². The predicted octanol–water partition coefficient (Wildman–Crippen LogP) is 4.47. The molecule has 2 aromatic carbocycles. The van der Waals surface area contributed by atoms with E-state index in [1.165, 1.54) is 12.1 Å². The minimum absolute atomic E-state index is 0.0579. The van der Waals surface area contributed by atoms with Crippen molar-refractivity contribution >= 4 is 28.6 Å². The molecule has 0 bridgehead atoms. The van der Waals surface area contributed by atoms with Gasteiger partial charge in [0, 0.05) is 44.0 Å². The number of nitro benzene ring substituents is 1. The minimum atomic E-state index is -0.402. The van der Waals surface area contributed by atoms with Gasteiger partial charge in [-0.1, -0.05) is 24.3 Å². The standard InChI is InChI=1S/C24H21N5O3S/c30-24(27-14-12-26(13-15-27)18-8-10-20(11-9-18)29(31)32)22-17-21(23-7-4-16-33-23)25-28(22)19-5-2-1-3-6-19/h1-11,16-17H,12-15H2. The SMILES string of the molecule is O=C(c1cc(-c2cccs2)nn1-c1ccccc1)N1CCN(c2ccc([N+](=O)[O-])cc2)CC1. The van der Waals surface area contributed by atoms with Crippen LogP contribution in [0, 0.1) is 10.1 Å². The number of aromatic nitrogens is 2. The number of thiophene rings is 1. The van der Waals surface area contributed by atoms with Gasteiger partial charge in [0.05, 0.1) is 15.5 Å². The number of carbonyl (C=O) groups excluding carboxylic acids is 1. The monoisotopic (exact) mass is 459 g/mol. The lowest BCUT2D eigenvalue weighted by Gasteiger charge is -2.36. The van der Waals surface area contributed by atoms with Crippen LogP contribution in [0.5, 0.6) is 0 Å². The molecule has 4 aromatic rings. The molecule has 33 heavy (non-hydrogen) atoms. The van der Waals surface area contributed by atoms with Crippen LogP contribution in [0.4, 0.5) is 11.4 Å². The fraction of sp³-hybridized carbons (Fsp3) is 0.167. The molecular weight excluding hydrogens is 438 g/mol. The average Bonchev–Trinajstić information content (AvgIpc) is 3.55. The first-order valence-electron chi connectivity index (χ1n) is 10.6. The van der Waals surface area contributed by atoms with Gasteiger partial charge in [0.2, 0.25) is 0 Å². The zero-order valence-electron chi connectivity index (χ0n) is 17.7. The number of nitro groups is 1. The van der Waals surface area contributed by atoms with Gasteiger partial charge in [-0.05, 0) is 41.8 Å². The van der Waals surface area contributed by atoms with E-state index < -0.39 is 4.92 Å². The van der Waals surface area contributed by atoms with Crippen molar-refractivity contribution in [3.8, 4) is 16.3 Å². The molecule has 166 valence electrons. The molecule has 1 saturated heterocycles. The molecule has 8 nitrogen and oxygen atoms in total. The molecule has 5 rings (SSSR count). The van der Waals surface area contributed by atoms with Crippen LogP contribution in [0.2, 0.25) is 0 Å². The number of benzene rings is 2. The van der Waals surface area contributed by atoms with Crippen molar-refractivity contribution < 1.29 is 9.72 Å². The number of hydrogen-bond acceptors (Lipinski definition) is 6. The van der Waals surface area contributed by atoms with Crippen LogP contribution in [-0.2, 0) is 0 Å². The quantitative estimate of drug-likeness (QED) is 0.325. The number of hydrogen-bond donors (Lipinski definition) is 0. The van der Waals surface area contributed by atoms with Crippen molar-refractivity contribution in [1.82, 2.24) is 14.7 Å². The van der Waals surface area contributed by atoms with Crippen LogP contribution in [0.1, 0.15) is 10.5 Å². The normalized spacial score (nSPS) is 13.8. The van der Waals surface area contributed by atoms with Gasteiger partial charge in [-0.3, -0.25) is 14.9 Å². The number of nitrogens with zero attached hydrogens (tertiary/aromatic N) is 5. The summed E-state index contributed by atoms with van der Waals surface area (Å²) >= 11 is 1.59. The Morgan fingerprint density at radius 3 is 2.27 bits per heavy atom. The molecule has 0 spiro atoms. The van der Waals surface area contributed by atoms with Crippen molar-refractivity contribution in [2.45, 2.75) is 0 Å². The van der Waals surface area contributed by atoms with E-state index in [0.717, 1.165) is 21.9 Å². The van der Waals surface area contributed by atoms with Crippen LogP contribution in [0.25, 0.3) is 16.3 Å². The van der Waals surface area contributed by atoms with E-state index in [1.807, 2.05) is 58.8 Å². The Bertz CT molecular complexity index is 1260. The molecule has 0 unspecified atom stereocenters. The fourth-order valence-corrected chi connectivity index (χ4v) is 4.64. The Morgan fingerprint density at radius 2 is 1.64 bits per heavy atom. The number of carbonyl (C=O) groups is 1. The van der Waals surface area contributed by atoms with Gasteiger partial charge in [-0.15, -0.1) is 11.3 Å². The molecule has 1 aliphatic heterocycles. The summed E-state index contributed by atoms with van der Waals surface area (Å²) in [6.07, 6.45) is 0. The first kappa shape index (κ1) is 20.9. The largest absolute Gasteiger partial charge is 0.368 e. The van der Waals surface area contributed by atoms with Crippen molar-refractivity contribution in [2.24, 2.45) is 0 Å². The molecule has 0 radical (unpaired) electrons. The zero-order valence-corrected chi connectivity index (χ0v) is 18.5. The van der Waals surface area contributed by atoms with Crippen molar-refractivity contribution in [2.75, 3.05) is 31.1 Å². The zero-order chi connectivity index (χ0) is 22.8. The maximum Gasteiger partial charge on any atom is 0.272 e. The second-order valence-electron chi connectivity index (χ2n) is 7.69. The van der Waals surface area contributed by atoms with Crippen LogP contribution < -0.4 is 4.90 Å². The summed E-state index contributed by atoms with van der Waals surface area (Å²) in [6.45, 7) is 2.43. The fourth-order valence-electron chi connectivity index (χ4n) is 3.96. The molecule has 2 aromatic heterocycles. The minimum Gasteiger partial charge on any atom is -0.368 e. The number of para-hydroxylation sites is 1. The lowest BCUT2D eigenvalue weighted by atomic mass is 10.2. The number of rotatable bonds is 5. The number of piperazine rings is 1. The van der Waals surface area contributed by atoms with Crippen LogP contribution in [-0.4, -0.2) is 51.7 Å². The van der Waals surface area contributed by atoms with Crippen LogP contribution in [0.3, 0.4) is 0 Å². The Labute approximate surface area is 194 Å². The maximum atomic E-state index is 13.5. The lowest BCUT2D eigenvalue weighted by Crippen LogP contribution is -2.49. The second kappa shape index (κ2) is 8.87. The highest BCUT2D eigenvalue weighted by Gasteiger charge is 2.26. The molecule has 9 heteroatoms. The van der Waals surface area contributed by atoms with Gasteiger partial charge in [0.1, 0.15) is 11.4 Å². The molecule has 0 N–H and O–H groups in total. The summed E-state index contributed by atoms with van der Waals surface area (Å²) < 4.78 is 1.72. The first-order chi connectivity index (χ1) is 16.1. The van der Waals surface area contributed by atoms with Gasteiger partial charge in [-0.2, -0.15) is 5.10 Å². The Balaban J connectivity index is 1.36. The third-order valence-corrected chi connectivity index (χ3v) is 6.59. The van der Waals surface area contributed by atoms with E-state index in [4.69, 9.17) is 5.10 Å². The maximum absolute atomic E-state index is 13.5. The summed E-state index contributed by atoms with van der Waals surface area (Å²) in [5, 5.41) is 17.6. The Kier molecular flexibility index (Phi) is 5.62. The van der Waals surface area contributed by atoms with Gasteiger partial charge in [0.25, 0.3) is 11.6 Å². The first-order valence-corrected chi connectivity index (χ1v) is 11.5. The number of anilines is 1. The van der Waals surface area contributed by atoms with E-state index in [2.05, 4.69) is 4.90 Å². The van der Waals surface area contributed by atoms with Gasteiger partial charge >= 0.3 is 0 Å². The van der Waals surface area contributed by atoms with Crippen molar-refractivity contribution in [1.29, 1.82) is 0 Å². The molecule has 1 fully saturated rings. The number of non-ortho nitro benzene ring substituents is 1. The third-order valence-electron chi connectivity index (χ3n) is 5.70. The predicted molar refractivity (Wildman–Crippen MR) is 128 cm³/mol. The molecule has 3 heterocycles. The van der Waals surface area contributed by atoms with Crippen LogP contribution in [0.15, 0.2) is 78.2 Å². The molecule has 1 aliphatic rings. The topological polar surface area (TPSA) is 84.5 Å². The molecule has 0 atom stereocenters. The molecular formula is C24H21N5O3S. The van der Waals surface area contributed by atoms with E-state index in [1.54, 1.807) is 28.2 Å². The summed E-state index contributed by atoms with van der Waals surface area (Å²) in [5.74, 6) is -0.0579. The van der Waals surface area contributed by atoms with Gasteiger partial charge in [-0.25, -0.2) is 4.68 Å². The summed E-state index contributed by atoms with van der Waals surface area (Å²) in [7, 11) is 0. The smallest absolute Gasteiger partial charge is 0.272 e. The molecule has 0 saturated carbocycles. The third kappa shape index (κ3) is 4.22. The Morgan fingerprint density at radius 1 is 0.909 bits per heavy atom. The summed E-state index contributed by atoms with van der Waals surface area (Å²) in [4.78, 5) is 29.0. The van der Waals surface area contributed by atoms with E-state index in [-0.39, 0.29) is 11.6 Å².